The van der Waals surface area contributed by atoms with Crippen molar-refractivity contribution in [3.8, 4) is 11.5 Å². The van der Waals surface area contributed by atoms with Gasteiger partial charge in [-0.15, -0.1) is 0 Å². The van der Waals surface area contributed by atoms with Crippen LogP contribution >= 0.6 is 0 Å². The van der Waals surface area contributed by atoms with Gasteiger partial charge in [0.25, 0.3) is 5.91 Å². The van der Waals surface area contributed by atoms with Gasteiger partial charge in [0.1, 0.15) is 16.2 Å². The molecule has 106 valence electrons. The van der Waals surface area contributed by atoms with E-state index in [0.717, 1.165) is 0 Å². The number of hydrogen-bond acceptors (Lipinski definition) is 5. The predicted molar refractivity (Wildman–Crippen MR) is 68.9 cm³/mol. The van der Waals surface area contributed by atoms with E-state index in [1.165, 1.54) is 45.3 Å². The van der Waals surface area contributed by atoms with Crippen LogP contribution in [0.4, 0.5) is 0 Å². The zero-order valence-corrected chi connectivity index (χ0v) is 11.9. The van der Waals surface area contributed by atoms with E-state index in [2.05, 4.69) is 0 Å². The third kappa shape index (κ3) is 2.96. The van der Waals surface area contributed by atoms with Crippen LogP contribution in [0.25, 0.3) is 0 Å². The summed E-state index contributed by atoms with van der Waals surface area (Å²) in [6.07, 6.45) is 0. The number of hydrogen-bond donors (Lipinski definition) is 1. The Kier molecular flexibility index (Phi) is 4.38. The standard InChI is InChI=1S/C11H16N2O5S/c1-13(2)11(14)9-7(17-3)5-6-8(10(9)18-4)19(12,15)16/h5-6H,1-4H3,(H2,12,15,16). The van der Waals surface area contributed by atoms with Crippen LogP contribution in [0.15, 0.2) is 17.0 Å². The number of benzene rings is 1. The Morgan fingerprint density at radius 3 is 2.16 bits per heavy atom. The van der Waals surface area contributed by atoms with Gasteiger partial charge in [-0.25, -0.2) is 13.6 Å². The highest BCUT2D eigenvalue weighted by molar-refractivity contribution is 7.89. The molecule has 0 radical (unpaired) electrons. The summed E-state index contributed by atoms with van der Waals surface area (Å²) >= 11 is 0. The molecule has 0 bridgehead atoms. The SMILES string of the molecule is COc1ccc(S(N)(=O)=O)c(OC)c1C(=O)N(C)C. The molecule has 19 heavy (non-hydrogen) atoms. The average molecular weight is 288 g/mol. The zero-order chi connectivity index (χ0) is 14.8. The number of sulfonamides is 1. The van der Waals surface area contributed by atoms with E-state index in [1.807, 2.05) is 0 Å². The second kappa shape index (κ2) is 5.45. The van der Waals surface area contributed by atoms with Crippen molar-refractivity contribution in [1.82, 2.24) is 4.90 Å². The lowest BCUT2D eigenvalue weighted by molar-refractivity contribution is 0.0820. The normalized spacial score (nSPS) is 11.0. The van der Waals surface area contributed by atoms with E-state index in [-0.39, 0.29) is 22.0 Å². The largest absolute Gasteiger partial charge is 0.496 e. The Labute approximate surface area is 112 Å². The molecule has 7 nitrogen and oxygen atoms in total. The van der Waals surface area contributed by atoms with Crippen LogP contribution in [-0.2, 0) is 10.0 Å². The van der Waals surface area contributed by atoms with Crippen LogP contribution in [0.2, 0.25) is 0 Å². The second-order valence-electron chi connectivity index (χ2n) is 3.92. The summed E-state index contributed by atoms with van der Waals surface area (Å²) in [4.78, 5) is 13.1. The smallest absolute Gasteiger partial charge is 0.260 e. The van der Waals surface area contributed by atoms with Crippen LogP contribution in [0, 0.1) is 0 Å². The number of nitrogens with two attached hydrogens (primary N) is 1. The first-order valence-corrected chi connectivity index (χ1v) is 6.78. The monoisotopic (exact) mass is 288 g/mol. The van der Waals surface area contributed by atoms with E-state index in [0.29, 0.717) is 0 Å². The van der Waals surface area contributed by atoms with Crippen molar-refractivity contribution in [1.29, 1.82) is 0 Å². The Morgan fingerprint density at radius 1 is 1.21 bits per heavy atom. The fraction of sp³-hybridized carbons (Fsp3) is 0.364. The fourth-order valence-corrected chi connectivity index (χ4v) is 2.27. The summed E-state index contributed by atoms with van der Waals surface area (Å²) in [6, 6.07) is 2.60. The van der Waals surface area contributed by atoms with Crippen LogP contribution in [0.5, 0.6) is 11.5 Å². The highest BCUT2D eigenvalue weighted by atomic mass is 32.2. The maximum absolute atomic E-state index is 12.1. The number of methoxy groups -OCH3 is 2. The molecule has 0 heterocycles. The molecule has 1 rings (SSSR count). The van der Waals surface area contributed by atoms with Gasteiger partial charge in [0.2, 0.25) is 10.0 Å². The molecule has 0 spiro atoms. The summed E-state index contributed by atoms with van der Waals surface area (Å²) in [5.41, 5.74) is 0.0153. The van der Waals surface area contributed by atoms with Gasteiger partial charge >= 0.3 is 0 Å². The van der Waals surface area contributed by atoms with Crippen molar-refractivity contribution in [3.63, 3.8) is 0 Å². The molecule has 1 amide bonds. The molecule has 0 aliphatic carbocycles. The summed E-state index contributed by atoms with van der Waals surface area (Å²) in [7, 11) is 1.69. The summed E-state index contributed by atoms with van der Waals surface area (Å²) in [5, 5.41) is 5.10. The lowest BCUT2D eigenvalue weighted by Gasteiger charge is -2.18. The number of nitrogens with zero attached hydrogens (tertiary/aromatic N) is 1. The molecule has 0 saturated carbocycles. The predicted octanol–water partition coefficient (Wildman–Crippen LogP) is 0.0530. The van der Waals surface area contributed by atoms with Gasteiger partial charge in [-0.1, -0.05) is 0 Å². The lowest BCUT2D eigenvalue weighted by Crippen LogP contribution is -2.24. The van der Waals surface area contributed by atoms with E-state index >= 15 is 0 Å². The maximum atomic E-state index is 12.1. The molecular weight excluding hydrogens is 272 g/mol. The summed E-state index contributed by atoms with van der Waals surface area (Å²) < 4.78 is 33.1. The van der Waals surface area contributed by atoms with Crippen molar-refractivity contribution < 1.29 is 22.7 Å². The van der Waals surface area contributed by atoms with Gasteiger partial charge in [0.05, 0.1) is 14.2 Å². The molecule has 0 fully saturated rings. The van der Waals surface area contributed by atoms with Crippen molar-refractivity contribution in [3.05, 3.63) is 17.7 Å². The minimum atomic E-state index is -4.00. The van der Waals surface area contributed by atoms with Crippen LogP contribution in [0.3, 0.4) is 0 Å². The van der Waals surface area contributed by atoms with Crippen LogP contribution in [-0.4, -0.2) is 47.5 Å². The molecule has 1 aromatic rings. The van der Waals surface area contributed by atoms with Gasteiger partial charge in [0, 0.05) is 14.1 Å². The zero-order valence-electron chi connectivity index (χ0n) is 11.1. The molecular formula is C11H16N2O5S. The lowest BCUT2D eigenvalue weighted by atomic mass is 10.1. The number of primary sulfonamides is 1. The van der Waals surface area contributed by atoms with Crippen molar-refractivity contribution >= 4 is 15.9 Å². The molecule has 0 unspecified atom stereocenters. The van der Waals surface area contributed by atoms with Gasteiger partial charge in [-0.05, 0) is 12.1 Å². The first kappa shape index (κ1) is 15.3. The third-order valence-corrected chi connectivity index (χ3v) is 3.37. The average Bonchev–Trinajstić information content (AvgIpc) is 2.34. The van der Waals surface area contributed by atoms with Gasteiger partial charge in [0.15, 0.2) is 5.75 Å². The fourth-order valence-electron chi connectivity index (χ4n) is 1.57. The Balaban J connectivity index is 3.70. The number of carbonyl (C=O) groups is 1. The number of carbonyl (C=O) groups excluding carboxylic acids is 1. The van der Waals surface area contributed by atoms with Crippen molar-refractivity contribution in [2.45, 2.75) is 4.90 Å². The minimum absolute atomic E-state index is 0.0153. The molecule has 1 aromatic carbocycles. The van der Waals surface area contributed by atoms with Crippen LogP contribution < -0.4 is 14.6 Å². The van der Waals surface area contributed by atoms with Gasteiger partial charge < -0.3 is 14.4 Å². The Morgan fingerprint density at radius 2 is 1.79 bits per heavy atom. The highest BCUT2D eigenvalue weighted by Crippen LogP contribution is 2.35. The third-order valence-electron chi connectivity index (χ3n) is 2.43. The van der Waals surface area contributed by atoms with Gasteiger partial charge in [-0.2, -0.15) is 0 Å². The highest BCUT2D eigenvalue weighted by Gasteiger charge is 2.26. The second-order valence-corrected chi connectivity index (χ2v) is 5.45. The Bertz CT molecular complexity index is 595. The van der Waals surface area contributed by atoms with Crippen LogP contribution in [0.1, 0.15) is 10.4 Å². The molecule has 0 saturated heterocycles. The van der Waals surface area contributed by atoms with E-state index < -0.39 is 15.9 Å². The van der Waals surface area contributed by atoms with E-state index in [4.69, 9.17) is 14.6 Å². The molecule has 0 aliphatic heterocycles. The number of ether oxygens (including phenoxy) is 2. The quantitative estimate of drug-likeness (QED) is 0.844. The molecule has 0 atom stereocenters. The van der Waals surface area contributed by atoms with Gasteiger partial charge in [-0.3, -0.25) is 4.79 Å². The molecule has 2 N–H and O–H groups in total. The first-order chi connectivity index (χ1) is 8.73. The van der Waals surface area contributed by atoms with Crippen molar-refractivity contribution in [2.24, 2.45) is 5.14 Å². The Hall–Kier alpha value is -1.80. The number of rotatable bonds is 4. The molecule has 8 heteroatoms. The maximum Gasteiger partial charge on any atom is 0.260 e. The molecule has 0 aromatic heterocycles. The minimum Gasteiger partial charge on any atom is -0.496 e. The number of amides is 1. The summed E-state index contributed by atoms with van der Waals surface area (Å²) in [5.74, 6) is -0.359. The van der Waals surface area contributed by atoms with Crippen molar-refractivity contribution in [2.75, 3.05) is 28.3 Å². The van der Waals surface area contributed by atoms with E-state index in [9.17, 15) is 13.2 Å². The molecule has 0 aliphatic rings. The first-order valence-electron chi connectivity index (χ1n) is 5.23. The topological polar surface area (TPSA) is 98.9 Å². The van der Waals surface area contributed by atoms with E-state index in [1.54, 1.807) is 0 Å². The summed E-state index contributed by atoms with van der Waals surface area (Å²) in [6.45, 7) is 0.